The first-order valence-electron chi connectivity index (χ1n) is 24.5. The molecule has 0 aliphatic carbocycles. The molecule has 19 heteroatoms. The normalized spacial score (nSPS) is 15.6. The fourth-order valence-corrected chi connectivity index (χ4v) is 10.4. The topological polar surface area (TPSA) is 175 Å². The van der Waals surface area contributed by atoms with Gasteiger partial charge in [0, 0.05) is 80.3 Å². The maximum Gasteiger partial charge on any atom is 0.355 e. The van der Waals surface area contributed by atoms with Crippen LogP contribution in [0.4, 0.5) is 8.78 Å². The standard InChI is InChI=1S/C54H58ClF2N9O7/c1-30-45(31(2)62(7)61-30)46-38(55)16-15-37-36(11-9-27-72-42-12-8-10-33-28-34(56)13-14-35(33)42)50(53(71)73-54(4,5)6)65(49(37)46)26-23-63-21-24-64(25-22-63)44(68)29-66-32(3)58-48-41(66)19-17-39(57)47(48)52(70)59-40-18-20-43(67)60-51(40)69/h8,10,12-17,19,28,40H,9,11,18,20-27,29H2,1-7H3,(H,59,70)(H,60,67,69). The quantitative estimate of drug-likeness (QED) is 0.0623. The molecule has 7 aromatic rings. The number of piperazine rings is 1. The highest BCUT2D eigenvalue weighted by molar-refractivity contribution is 6.35. The number of carbonyl (C=O) groups excluding carboxylic acids is 5. The molecule has 1 unspecified atom stereocenters. The van der Waals surface area contributed by atoms with Crippen LogP contribution in [-0.2, 0) is 45.7 Å². The molecule has 16 nitrogen and oxygen atoms in total. The maximum absolute atomic E-state index is 15.3. The van der Waals surface area contributed by atoms with Crippen LogP contribution in [0, 0.1) is 32.4 Å². The number of hydrogen-bond donors (Lipinski definition) is 2. The highest BCUT2D eigenvalue weighted by Gasteiger charge is 2.33. The van der Waals surface area contributed by atoms with Crippen molar-refractivity contribution in [3.8, 4) is 16.9 Å². The minimum Gasteiger partial charge on any atom is -0.493 e. The van der Waals surface area contributed by atoms with Crippen LogP contribution >= 0.6 is 11.6 Å². The van der Waals surface area contributed by atoms with Crippen molar-refractivity contribution in [3.05, 3.63) is 111 Å². The molecule has 4 aromatic carbocycles. The summed E-state index contributed by atoms with van der Waals surface area (Å²) in [5.41, 5.74) is 4.61. The van der Waals surface area contributed by atoms with Crippen molar-refractivity contribution >= 4 is 73.9 Å². The number of aryl methyl sites for hydroxylation is 4. The average molecular weight is 1020 g/mol. The molecule has 73 heavy (non-hydrogen) atoms. The molecular formula is C54H58ClF2N9O7. The van der Waals surface area contributed by atoms with Crippen LogP contribution in [0.25, 0.3) is 43.8 Å². The molecule has 2 N–H and O–H groups in total. The number of ether oxygens (including phenoxy) is 2. The Balaban J connectivity index is 0.960. The third-order valence-corrected chi connectivity index (χ3v) is 14.1. The van der Waals surface area contributed by atoms with Crippen LogP contribution in [0.1, 0.15) is 83.7 Å². The molecule has 0 saturated carbocycles. The van der Waals surface area contributed by atoms with E-state index in [9.17, 15) is 28.4 Å². The van der Waals surface area contributed by atoms with Crippen molar-refractivity contribution < 1.29 is 42.2 Å². The van der Waals surface area contributed by atoms with E-state index < -0.39 is 41.2 Å². The number of piperidine rings is 1. The van der Waals surface area contributed by atoms with Gasteiger partial charge in [-0.3, -0.25) is 34.1 Å². The van der Waals surface area contributed by atoms with Gasteiger partial charge in [0.2, 0.25) is 17.7 Å². The van der Waals surface area contributed by atoms with E-state index in [2.05, 4.69) is 20.5 Å². The number of rotatable bonds is 14. The summed E-state index contributed by atoms with van der Waals surface area (Å²) in [6, 6.07) is 15.6. The lowest BCUT2D eigenvalue weighted by atomic mass is 9.98. The molecular weight excluding hydrogens is 960 g/mol. The van der Waals surface area contributed by atoms with E-state index in [-0.39, 0.29) is 42.2 Å². The summed E-state index contributed by atoms with van der Waals surface area (Å²) in [7, 11) is 1.89. The lowest BCUT2D eigenvalue weighted by molar-refractivity contribution is -0.135. The van der Waals surface area contributed by atoms with E-state index in [0.717, 1.165) is 55.8 Å². The summed E-state index contributed by atoms with van der Waals surface area (Å²) in [5, 5.41) is 12.3. The molecule has 0 bridgehead atoms. The smallest absolute Gasteiger partial charge is 0.355 e. The van der Waals surface area contributed by atoms with Crippen molar-refractivity contribution in [1.29, 1.82) is 0 Å². The minimum atomic E-state index is -1.01. The molecule has 2 fully saturated rings. The second-order valence-electron chi connectivity index (χ2n) is 19.8. The fraction of sp³-hybridized carbons (Fsp3) is 0.389. The Hall–Kier alpha value is -7.18. The number of benzene rings is 4. The zero-order valence-electron chi connectivity index (χ0n) is 42.0. The number of esters is 1. The molecule has 0 radical (unpaired) electrons. The number of aromatic nitrogens is 5. The van der Waals surface area contributed by atoms with Crippen molar-refractivity contribution in [2.75, 3.05) is 39.3 Å². The Morgan fingerprint density at radius 2 is 1.67 bits per heavy atom. The minimum absolute atomic E-state index is 0.0361. The number of hydrogen-bond acceptors (Lipinski definition) is 10. The molecule has 3 aromatic heterocycles. The van der Waals surface area contributed by atoms with Crippen LogP contribution in [-0.4, -0.2) is 114 Å². The van der Waals surface area contributed by atoms with Crippen molar-refractivity contribution in [3.63, 3.8) is 0 Å². The Morgan fingerprint density at radius 1 is 0.918 bits per heavy atom. The fourth-order valence-electron chi connectivity index (χ4n) is 10.1. The Bertz CT molecular complexity index is 3370. The van der Waals surface area contributed by atoms with Crippen molar-refractivity contribution in [2.24, 2.45) is 7.05 Å². The molecule has 2 aliphatic rings. The van der Waals surface area contributed by atoms with Crippen LogP contribution < -0.4 is 15.4 Å². The van der Waals surface area contributed by atoms with Gasteiger partial charge in [-0.1, -0.05) is 29.8 Å². The Morgan fingerprint density at radius 3 is 2.38 bits per heavy atom. The lowest BCUT2D eigenvalue weighted by Crippen LogP contribution is -2.52. The summed E-state index contributed by atoms with van der Waals surface area (Å²) in [6.45, 7) is 14.1. The summed E-state index contributed by atoms with van der Waals surface area (Å²) in [4.78, 5) is 74.6. The Kier molecular flexibility index (Phi) is 14.2. The van der Waals surface area contributed by atoms with Gasteiger partial charge in [-0.05, 0) is 114 Å². The number of amides is 4. The van der Waals surface area contributed by atoms with Crippen molar-refractivity contribution in [1.82, 2.24) is 44.3 Å². The SMILES string of the molecule is Cc1nn(C)c(C)c1-c1c(Cl)ccc2c(CCCOc3cccc4cc(F)ccc34)c(C(=O)OC(C)(C)C)n(CCN3CCN(C(=O)Cn4c(C)nc5c(C(=O)NC6CCC(=O)NC6=O)c(F)ccc54)CC3)c12. The first-order chi connectivity index (χ1) is 34.8. The first kappa shape index (κ1) is 50.7. The molecule has 2 saturated heterocycles. The lowest BCUT2D eigenvalue weighted by Gasteiger charge is -2.35. The number of carbonyl (C=O) groups is 5. The van der Waals surface area contributed by atoms with Gasteiger partial charge in [0.05, 0.1) is 28.4 Å². The van der Waals surface area contributed by atoms with E-state index >= 15 is 4.39 Å². The summed E-state index contributed by atoms with van der Waals surface area (Å²) >= 11 is 7.20. The summed E-state index contributed by atoms with van der Waals surface area (Å²) in [5.74, 6) is -2.75. The average Bonchev–Trinajstić information content (AvgIpc) is 3.92. The zero-order valence-corrected chi connectivity index (χ0v) is 42.7. The number of imidazole rings is 1. The number of halogens is 3. The van der Waals surface area contributed by atoms with Gasteiger partial charge in [-0.2, -0.15) is 5.10 Å². The van der Waals surface area contributed by atoms with E-state index in [4.69, 9.17) is 26.2 Å². The predicted octanol–water partition coefficient (Wildman–Crippen LogP) is 7.75. The zero-order chi connectivity index (χ0) is 52.0. The number of nitrogens with one attached hydrogen (secondary N) is 2. The number of fused-ring (bicyclic) bond motifs is 3. The van der Waals surface area contributed by atoms with Gasteiger partial charge in [0.1, 0.15) is 58.2 Å². The van der Waals surface area contributed by atoms with E-state index in [1.54, 1.807) is 22.5 Å². The van der Waals surface area contributed by atoms with Gasteiger partial charge in [-0.25, -0.2) is 18.6 Å². The predicted molar refractivity (Wildman–Crippen MR) is 273 cm³/mol. The highest BCUT2D eigenvalue weighted by Crippen LogP contribution is 2.43. The number of imide groups is 1. The van der Waals surface area contributed by atoms with Crippen LogP contribution in [0.5, 0.6) is 5.75 Å². The van der Waals surface area contributed by atoms with Gasteiger partial charge in [0.15, 0.2) is 0 Å². The monoisotopic (exact) mass is 1020 g/mol. The molecule has 382 valence electrons. The second kappa shape index (κ2) is 20.4. The van der Waals surface area contributed by atoms with Gasteiger partial charge >= 0.3 is 5.97 Å². The van der Waals surface area contributed by atoms with Crippen LogP contribution in [0.15, 0.2) is 60.7 Å². The third-order valence-electron chi connectivity index (χ3n) is 13.8. The number of nitrogens with zero attached hydrogens (tertiary/aromatic N) is 7. The molecule has 9 rings (SSSR count). The highest BCUT2D eigenvalue weighted by atomic mass is 35.5. The molecule has 1 atom stereocenters. The Labute approximate surface area is 425 Å². The largest absolute Gasteiger partial charge is 0.493 e. The van der Waals surface area contributed by atoms with Crippen LogP contribution in [0.2, 0.25) is 5.02 Å². The van der Waals surface area contributed by atoms with E-state index in [0.29, 0.717) is 86.5 Å². The van der Waals surface area contributed by atoms with E-state index in [1.807, 2.05) is 81.2 Å². The van der Waals surface area contributed by atoms with Gasteiger partial charge < -0.3 is 28.8 Å². The molecule has 5 heterocycles. The van der Waals surface area contributed by atoms with E-state index in [1.165, 1.54) is 18.2 Å². The van der Waals surface area contributed by atoms with Crippen LogP contribution in [0.3, 0.4) is 0 Å². The summed E-state index contributed by atoms with van der Waals surface area (Å²) in [6.07, 6.45) is 1.12. The second-order valence-corrected chi connectivity index (χ2v) is 20.2. The van der Waals surface area contributed by atoms with Gasteiger partial charge in [-0.15, -0.1) is 0 Å². The molecule has 0 spiro atoms. The summed E-state index contributed by atoms with van der Waals surface area (Å²) < 4.78 is 47.4. The molecule has 2 aliphatic heterocycles. The first-order valence-corrected chi connectivity index (χ1v) is 24.8. The maximum atomic E-state index is 15.3. The third kappa shape index (κ3) is 10.3. The van der Waals surface area contributed by atoms with Crippen molar-refractivity contribution in [2.45, 2.75) is 92.0 Å². The molecule has 4 amide bonds. The van der Waals surface area contributed by atoms with Gasteiger partial charge in [0.25, 0.3) is 5.91 Å².